The van der Waals surface area contributed by atoms with Gasteiger partial charge in [0.1, 0.15) is 5.56 Å². The first-order chi connectivity index (χ1) is 14.8. The number of amides is 1. The minimum atomic E-state index is -0.999. The molecule has 0 saturated carbocycles. The van der Waals surface area contributed by atoms with E-state index in [1.165, 1.54) is 35.5 Å². The van der Waals surface area contributed by atoms with Gasteiger partial charge in [0.05, 0.1) is 23.2 Å². The van der Waals surface area contributed by atoms with Crippen LogP contribution in [0.1, 0.15) is 50.4 Å². The number of carboxylic acid groups (broad SMARTS) is 1. The highest BCUT2D eigenvalue weighted by molar-refractivity contribution is 6.30. The number of ether oxygens (including phenoxy) is 1. The summed E-state index contributed by atoms with van der Waals surface area (Å²) >= 11 is 6.06. The maximum Gasteiger partial charge on any atom is 0.335 e. The summed E-state index contributed by atoms with van der Waals surface area (Å²) in [5.41, 5.74) is 3.55. The Morgan fingerprint density at radius 2 is 1.87 bits per heavy atom. The van der Waals surface area contributed by atoms with Gasteiger partial charge in [0.15, 0.2) is 0 Å². The molecule has 3 aromatic rings. The van der Waals surface area contributed by atoms with Crippen LogP contribution in [0.15, 0.2) is 60.8 Å². The molecule has 2 N–H and O–H groups in total. The number of hydrogen-bond donors (Lipinski definition) is 2. The Hall–Kier alpha value is -3.38. The van der Waals surface area contributed by atoms with E-state index >= 15 is 0 Å². The molecule has 0 aliphatic rings. The van der Waals surface area contributed by atoms with E-state index in [2.05, 4.69) is 10.3 Å². The summed E-state index contributed by atoms with van der Waals surface area (Å²) in [4.78, 5) is 28.1. The molecular weight excluding hydrogens is 416 g/mol. The Balaban J connectivity index is 1.69. The number of carbonyl (C=O) groups is 2. The van der Waals surface area contributed by atoms with Crippen LogP contribution in [0.5, 0.6) is 5.88 Å². The summed E-state index contributed by atoms with van der Waals surface area (Å²) in [6.45, 7) is 4.22. The molecule has 6 nitrogen and oxygen atoms in total. The molecule has 2 aromatic carbocycles. The minimum absolute atomic E-state index is 0.186. The van der Waals surface area contributed by atoms with E-state index in [0.717, 1.165) is 5.56 Å². The average Bonchev–Trinajstić information content (AvgIpc) is 2.76. The highest BCUT2D eigenvalue weighted by atomic mass is 35.5. The lowest BCUT2D eigenvalue weighted by atomic mass is 10.1. The van der Waals surface area contributed by atoms with Crippen LogP contribution in [-0.4, -0.2) is 28.6 Å². The summed E-state index contributed by atoms with van der Waals surface area (Å²) in [6, 6.07) is 15.6. The van der Waals surface area contributed by atoms with Crippen molar-refractivity contribution in [2.24, 2.45) is 0 Å². The van der Waals surface area contributed by atoms with E-state index in [4.69, 9.17) is 21.4 Å². The number of halogens is 1. The number of nitrogens with zero attached hydrogens (tertiary/aromatic N) is 1. The molecule has 160 valence electrons. The van der Waals surface area contributed by atoms with Crippen LogP contribution in [0.3, 0.4) is 0 Å². The molecule has 7 heteroatoms. The smallest absolute Gasteiger partial charge is 0.335 e. The highest BCUT2D eigenvalue weighted by Crippen LogP contribution is 2.22. The second-order valence-corrected chi connectivity index (χ2v) is 7.59. The zero-order valence-corrected chi connectivity index (χ0v) is 18.0. The Morgan fingerprint density at radius 3 is 2.55 bits per heavy atom. The fraction of sp³-hybridized carbons (Fsp3) is 0.208. The molecule has 0 aliphatic carbocycles. The number of benzene rings is 2. The lowest BCUT2D eigenvalue weighted by Crippen LogP contribution is -2.27. The first-order valence-corrected chi connectivity index (χ1v) is 10.2. The number of pyridine rings is 1. The van der Waals surface area contributed by atoms with Crippen LogP contribution < -0.4 is 10.1 Å². The molecule has 1 heterocycles. The van der Waals surface area contributed by atoms with Gasteiger partial charge in [0, 0.05) is 12.6 Å². The van der Waals surface area contributed by atoms with Crippen molar-refractivity contribution in [1.82, 2.24) is 10.3 Å². The summed E-state index contributed by atoms with van der Waals surface area (Å²) < 4.78 is 5.81. The number of nitrogens with one attached hydrogen (secondary N) is 1. The topological polar surface area (TPSA) is 88.5 Å². The standard InChI is InChI=1S/C24H23ClN2O4/c1-15-5-3-4-6-17(15)11-12-31-23-21(13-20(25)14-26-23)22(28)27-16(2)18-7-9-19(10-8-18)24(29)30/h3-10,13-14,16H,11-12H2,1-2H3,(H,27,28)(H,29,30)/t16-/m0/s1. The fourth-order valence-corrected chi connectivity index (χ4v) is 3.28. The highest BCUT2D eigenvalue weighted by Gasteiger charge is 2.18. The number of aryl methyl sites for hydroxylation is 1. The zero-order chi connectivity index (χ0) is 22.4. The SMILES string of the molecule is Cc1ccccc1CCOc1ncc(Cl)cc1C(=O)N[C@@H](C)c1ccc(C(=O)O)cc1. The molecule has 31 heavy (non-hydrogen) atoms. The van der Waals surface area contributed by atoms with Gasteiger partial charge in [-0.15, -0.1) is 0 Å². The van der Waals surface area contributed by atoms with Crippen molar-refractivity contribution in [1.29, 1.82) is 0 Å². The van der Waals surface area contributed by atoms with Gasteiger partial charge in [-0.1, -0.05) is 48.0 Å². The molecule has 0 spiro atoms. The third-order valence-electron chi connectivity index (χ3n) is 4.94. The van der Waals surface area contributed by atoms with Crippen molar-refractivity contribution in [3.05, 3.63) is 93.6 Å². The molecule has 3 rings (SSSR count). The first kappa shape index (κ1) is 22.3. The largest absolute Gasteiger partial charge is 0.478 e. The normalized spacial score (nSPS) is 11.6. The van der Waals surface area contributed by atoms with Crippen LogP contribution in [0.2, 0.25) is 5.02 Å². The van der Waals surface area contributed by atoms with Crippen molar-refractivity contribution < 1.29 is 19.4 Å². The molecular formula is C24H23ClN2O4. The first-order valence-electron chi connectivity index (χ1n) is 9.82. The van der Waals surface area contributed by atoms with E-state index < -0.39 is 5.97 Å². The van der Waals surface area contributed by atoms with Gasteiger partial charge in [-0.05, 0) is 48.7 Å². The van der Waals surface area contributed by atoms with Crippen molar-refractivity contribution in [2.75, 3.05) is 6.61 Å². The average molecular weight is 439 g/mol. The Morgan fingerprint density at radius 1 is 1.16 bits per heavy atom. The fourth-order valence-electron chi connectivity index (χ4n) is 3.12. The van der Waals surface area contributed by atoms with Gasteiger partial charge in [0.25, 0.3) is 5.91 Å². The molecule has 0 saturated heterocycles. The minimum Gasteiger partial charge on any atom is -0.478 e. The van der Waals surface area contributed by atoms with E-state index in [-0.39, 0.29) is 29.0 Å². The number of carbonyl (C=O) groups excluding carboxylic acids is 1. The molecule has 1 aromatic heterocycles. The van der Waals surface area contributed by atoms with E-state index in [9.17, 15) is 9.59 Å². The Labute approximate surface area is 185 Å². The lowest BCUT2D eigenvalue weighted by Gasteiger charge is -2.16. The summed E-state index contributed by atoms with van der Waals surface area (Å²) in [5, 5.41) is 12.2. The van der Waals surface area contributed by atoms with Crippen molar-refractivity contribution in [3.63, 3.8) is 0 Å². The molecule has 0 aliphatic heterocycles. The molecule has 0 radical (unpaired) electrons. The summed E-state index contributed by atoms with van der Waals surface area (Å²) in [6.07, 6.45) is 2.12. The predicted molar refractivity (Wildman–Crippen MR) is 119 cm³/mol. The maximum absolute atomic E-state index is 12.9. The molecule has 1 amide bonds. The maximum atomic E-state index is 12.9. The van der Waals surface area contributed by atoms with Gasteiger partial charge in [-0.2, -0.15) is 0 Å². The van der Waals surface area contributed by atoms with Gasteiger partial charge in [-0.25, -0.2) is 9.78 Å². The molecule has 1 atom stereocenters. The number of hydrogen-bond acceptors (Lipinski definition) is 4. The third kappa shape index (κ3) is 5.83. The zero-order valence-electron chi connectivity index (χ0n) is 17.3. The van der Waals surface area contributed by atoms with Crippen LogP contribution in [-0.2, 0) is 6.42 Å². The van der Waals surface area contributed by atoms with Crippen LogP contribution >= 0.6 is 11.6 Å². The predicted octanol–water partition coefficient (Wildman–Crippen LogP) is 4.85. The second kappa shape index (κ2) is 10.1. The quantitative estimate of drug-likeness (QED) is 0.524. The number of aromatic nitrogens is 1. The van der Waals surface area contributed by atoms with Crippen LogP contribution in [0.25, 0.3) is 0 Å². The van der Waals surface area contributed by atoms with Crippen LogP contribution in [0, 0.1) is 6.92 Å². The second-order valence-electron chi connectivity index (χ2n) is 7.15. The van der Waals surface area contributed by atoms with E-state index in [1.54, 1.807) is 12.1 Å². The van der Waals surface area contributed by atoms with E-state index in [0.29, 0.717) is 18.1 Å². The van der Waals surface area contributed by atoms with Gasteiger partial charge >= 0.3 is 5.97 Å². The Kier molecular flexibility index (Phi) is 7.26. The van der Waals surface area contributed by atoms with Gasteiger partial charge in [-0.3, -0.25) is 4.79 Å². The van der Waals surface area contributed by atoms with Crippen molar-refractivity contribution in [2.45, 2.75) is 26.3 Å². The number of carboxylic acids is 1. The molecule has 0 fully saturated rings. The summed E-state index contributed by atoms with van der Waals surface area (Å²) in [5.74, 6) is -1.17. The van der Waals surface area contributed by atoms with Crippen LogP contribution in [0.4, 0.5) is 0 Å². The van der Waals surface area contributed by atoms with Crippen molar-refractivity contribution >= 4 is 23.5 Å². The van der Waals surface area contributed by atoms with Crippen molar-refractivity contribution in [3.8, 4) is 5.88 Å². The van der Waals surface area contributed by atoms with Gasteiger partial charge in [0.2, 0.25) is 5.88 Å². The molecule has 0 unspecified atom stereocenters. The molecule has 0 bridgehead atoms. The summed E-state index contributed by atoms with van der Waals surface area (Å²) in [7, 11) is 0. The van der Waals surface area contributed by atoms with Gasteiger partial charge < -0.3 is 15.2 Å². The Bertz CT molecular complexity index is 1080. The number of aromatic carboxylic acids is 1. The third-order valence-corrected chi connectivity index (χ3v) is 5.15. The lowest BCUT2D eigenvalue weighted by molar-refractivity contribution is 0.0696. The van der Waals surface area contributed by atoms with E-state index in [1.807, 2.05) is 38.1 Å². The number of rotatable bonds is 8. The monoisotopic (exact) mass is 438 g/mol.